The molecule has 3 rings (SSSR count). The topological polar surface area (TPSA) is 53.9 Å². The molecule has 0 saturated heterocycles. The molecule has 0 amide bonds. The van der Waals surface area contributed by atoms with Gasteiger partial charge in [-0.15, -0.1) is 5.10 Å². The summed E-state index contributed by atoms with van der Waals surface area (Å²) in [6, 6.07) is 18.2. The molecule has 5 heteroatoms. The van der Waals surface area contributed by atoms with Gasteiger partial charge in [-0.2, -0.15) is 10.1 Å². The van der Waals surface area contributed by atoms with Crippen molar-refractivity contribution in [1.29, 1.82) is 0 Å². The van der Waals surface area contributed by atoms with Gasteiger partial charge in [0.25, 0.3) is 5.95 Å². The summed E-state index contributed by atoms with van der Waals surface area (Å²) in [5.41, 5.74) is 3.24. The molecule has 3 aromatic rings. The number of anilines is 4. The Bertz CT molecular complexity index is 756. The largest absolute Gasteiger partial charge is 0.339 e. The summed E-state index contributed by atoms with van der Waals surface area (Å²) in [5.74, 6) is 1.25. The fourth-order valence-electron chi connectivity index (χ4n) is 2.30. The SMILES string of the molecule is CCN(c1ccccc1)c1nncc(Nc2ccc(C)cc2)n1. The third-order valence-corrected chi connectivity index (χ3v) is 3.50. The lowest BCUT2D eigenvalue weighted by Gasteiger charge is -2.20. The van der Waals surface area contributed by atoms with E-state index in [1.807, 2.05) is 47.4 Å². The third kappa shape index (κ3) is 3.63. The molecule has 0 aliphatic rings. The molecule has 0 atom stereocenters. The molecule has 0 bridgehead atoms. The molecule has 0 aliphatic heterocycles. The van der Waals surface area contributed by atoms with Crippen LogP contribution in [0.1, 0.15) is 12.5 Å². The number of hydrogen-bond acceptors (Lipinski definition) is 5. The molecule has 0 unspecified atom stereocenters. The lowest BCUT2D eigenvalue weighted by molar-refractivity contribution is 0.887. The highest BCUT2D eigenvalue weighted by molar-refractivity contribution is 5.60. The second kappa shape index (κ2) is 6.87. The minimum absolute atomic E-state index is 0.579. The van der Waals surface area contributed by atoms with Crippen LogP contribution in [0.5, 0.6) is 0 Å². The first-order chi connectivity index (χ1) is 11.3. The third-order valence-electron chi connectivity index (χ3n) is 3.50. The fourth-order valence-corrected chi connectivity index (χ4v) is 2.30. The zero-order valence-corrected chi connectivity index (χ0v) is 13.3. The van der Waals surface area contributed by atoms with Gasteiger partial charge < -0.3 is 10.2 Å². The van der Waals surface area contributed by atoms with Crippen molar-refractivity contribution in [3.63, 3.8) is 0 Å². The molecule has 1 aromatic heterocycles. The Kier molecular flexibility index (Phi) is 4.47. The second-order valence-corrected chi connectivity index (χ2v) is 5.21. The summed E-state index contributed by atoms with van der Waals surface area (Å²) < 4.78 is 0. The zero-order chi connectivity index (χ0) is 16.1. The van der Waals surface area contributed by atoms with Gasteiger partial charge in [-0.3, -0.25) is 0 Å². The Morgan fingerprint density at radius 2 is 1.74 bits per heavy atom. The van der Waals surface area contributed by atoms with Crippen LogP contribution in [0.3, 0.4) is 0 Å². The quantitative estimate of drug-likeness (QED) is 0.769. The molecule has 0 aliphatic carbocycles. The first-order valence-electron chi connectivity index (χ1n) is 7.62. The maximum absolute atomic E-state index is 4.58. The molecular weight excluding hydrogens is 286 g/mol. The first kappa shape index (κ1) is 15.0. The van der Waals surface area contributed by atoms with E-state index in [1.54, 1.807) is 6.20 Å². The monoisotopic (exact) mass is 305 g/mol. The van der Waals surface area contributed by atoms with Crippen LogP contribution >= 0.6 is 0 Å². The smallest absolute Gasteiger partial charge is 0.251 e. The molecule has 23 heavy (non-hydrogen) atoms. The minimum Gasteiger partial charge on any atom is -0.339 e. The summed E-state index contributed by atoms with van der Waals surface area (Å²) in [5, 5.41) is 11.5. The van der Waals surface area contributed by atoms with Crippen molar-refractivity contribution in [2.24, 2.45) is 0 Å². The van der Waals surface area contributed by atoms with E-state index in [0.29, 0.717) is 11.8 Å². The minimum atomic E-state index is 0.579. The van der Waals surface area contributed by atoms with E-state index < -0.39 is 0 Å². The maximum Gasteiger partial charge on any atom is 0.251 e. The lowest BCUT2D eigenvalue weighted by atomic mass is 10.2. The van der Waals surface area contributed by atoms with Crippen LogP contribution in [0.15, 0.2) is 60.8 Å². The average Bonchev–Trinajstić information content (AvgIpc) is 2.59. The lowest BCUT2D eigenvalue weighted by Crippen LogP contribution is -2.19. The van der Waals surface area contributed by atoms with Gasteiger partial charge in [0.05, 0.1) is 6.20 Å². The first-order valence-corrected chi connectivity index (χ1v) is 7.62. The van der Waals surface area contributed by atoms with E-state index in [2.05, 4.69) is 46.5 Å². The van der Waals surface area contributed by atoms with Crippen molar-refractivity contribution in [3.8, 4) is 0 Å². The number of aromatic nitrogens is 3. The highest BCUT2D eigenvalue weighted by atomic mass is 15.3. The van der Waals surface area contributed by atoms with Crippen LogP contribution in [0.2, 0.25) is 0 Å². The van der Waals surface area contributed by atoms with Crippen LogP contribution in [0, 0.1) is 6.92 Å². The number of nitrogens with one attached hydrogen (secondary N) is 1. The fraction of sp³-hybridized carbons (Fsp3) is 0.167. The predicted molar refractivity (Wildman–Crippen MR) is 93.4 cm³/mol. The summed E-state index contributed by atoms with van der Waals surface area (Å²) in [6.45, 7) is 4.89. The highest BCUT2D eigenvalue weighted by Crippen LogP contribution is 2.22. The van der Waals surface area contributed by atoms with Gasteiger partial charge in [0.15, 0.2) is 5.82 Å². The molecule has 116 valence electrons. The molecule has 0 radical (unpaired) electrons. The molecule has 0 saturated carbocycles. The molecular formula is C18H19N5. The van der Waals surface area contributed by atoms with Crippen LogP contribution in [-0.2, 0) is 0 Å². The van der Waals surface area contributed by atoms with Crippen LogP contribution in [0.4, 0.5) is 23.1 Å². The van der Waals surface area contributed by atoms with Crippen LogP contribution in [0.25, 0.3) is 0 Å². The molecule has 1 N–H and O–H groups in total. The standard InChI is InChI=1S/C18H19N5/c1-3-23(16-7-5-4-6-8-16)18-21-17(13-19-22-18)20-15-11-9-14(2)10-12-15/h4-13H,3H2,1-2H3,(H,20,21,22). The number of benzene rings is 2. The van der Waals surface area contributed by atoms with Crippen molar-refractivity contribution < 1.29 is 0 Å². The van der Waals surface area contributed by atoms with Crippen molar-refractivity contribution in [1.82, 2.24) is 15.2 Å². The molecule has 0 fully saturated rings. The van der Waals surface area contributed by atoms with Crippen molar-refractivity contribution >= 4 is 23.1 Å². The predicted octanol–water partition coefficient (Wildman–Crippen LogP) is 4.08. The van der Waals surface area contributed by atoms with Gasteiger partial charge in [-0.25, -0.2) is 0 Å². The Labute approximate surface area is 136 Å². The van der Waals surface area contributed by atoms with Gasteiger partial charge in [0.1, 0.15) is 0 Å². The van der Waals surface area contributed by atoms with Gasteiger partial charge in [0, 0.05) is 17.9 Å². The van der Waals surface area contributed by atoms with Gasteiger partial charge in [0.2, 0.25) is 0 Å². The molecule has 2 aromatic carbocycles. The number of aryl methyl sites for hydroxylation is 1. The Morgan fingerprint density at radius 1 is 1.00 bits per heavy atom. The van der Waals surface area contributed by atoms with E-state index in [4.69, 9.17) is 0 Å². The van der Waals surface area contributed by atoms with Crippen molar-refractivity contribution in [2.75, 3.05) is 16.8 Å². The second-order valence-electron chi connectivity index (χ2n) is 5.21. The van der Waals surface area contributed by atoms with Gasteiger partial charge >= 0.3 is 0 Å². The number of nitrogens with zero attached hydrogens (tertiary/aromatic N) is 4. The molecule has 0 spiro atoms. The maximum atomic E-state index is 4.58. The Morgan fingerprint density at radius 3 is 2.43 bits per heavy atom. The summed E-state index contributed by atoms with van der Waals surface area (Å²) in [7, 11) is 0. The number of rotatable bonds is 5. The van der Waals surface area contributed by atoms with E-state index in [-0.39, 0.29) is 0 Å². The summed E-state index contributed by atoms with van der Waals surface area (Å²) in [4.78, 5) is 6.60. The summed E-state index contributed by atoms with van der Waals surface area (Å²) >= 11 is 0. The van der Waals surface area contributed by atoms with E-state index >= 15 is 0 Å². The Balaban J connectivity index is 1.85. The molecule has 5 nitrogen and oxygen atoms in total. The Hall–Kier alpha value is -2.95. The van der Waals surface area contributed by atoms with Crippen LogP contribution < -0.4 is 10.2 Å². The summed E-state index contributed by atoms with van der Waals surface area (Å²) in [6.07, 6.45) is 1.63. The van der Waals surface area contributed by atoms with Gasteiger partial charge in [-0.1, -0.05) is 35.9 Å². The van der Waals surface area contributed by atoms with E-state index in [1.165, 1.54) is 5.56 Å². The number of hydrogen-bond donors (Lipinski definition) is 1. The number of para-hydroxylation sites is 1. The normalized spacial score (nSPS) is 10.3. The van der Waals surface area contributed by atoms with E-state index in [9.17, 15) is 0 Å². The van der Waals surface area contributed by atoms with Gasteiger partial charge in [-0.05, 0) is 38.1 Å². The van der Waals surface area contributed by atoms with Crippen molar-refractivity contribution in [3.05, 3.63) is 66.4 Å². The average molecular weight is 305 g/mol. The molecule has 1 heterocycles. The van der Waals surface area contributed by atoms with Crippen molar-refractivity contribution in [2.45, 2.75) is 13.8 Å². The van der Waals surface area contributed by atoms with E-state index in [0.717, 1.165) is 17.9 Å². The zero-order valence-electron chi connectivity index (χ0n) is 13.3. The highest BCUT2D eigenvalue weighted by Gasteiger charge is 2.11. The van der Waals surface area contributed by atoms with Crippen LogP contribution in [-0.4, -0.2) is 21.7 Å².